The first kappa shape index (κ1) is 24.5. The van der Waals surface area contributed by atoms with Gasteiger partial charge in [0, 0.05) is 29.4 Å². The van der Waals surface area contributed by atoms with Gasteiger partial charge in [-0.25, -0.2) is 0 Å². The highest BCUT2D eigenvalue weighted by Crippen LogP contribution is 2.32. The molecule has 0 saturated heterocycles. The van der Waals surface area contributed by atoms with E-state index in [9.17, 15) is 4.79 Å². The number of nitrogens with two attached hydrogens (primary N) is 2. The third-order valence-corrected chi connectivity index (χ3v) is 6.97. The van der Waals surface area contributed by atoms with E-state index in [0.29, 0.717) is 25.8 Å². The Morgan fingerprint density at radius 2 is 1.84 bits per heavy atom. The smallest absolute Gasteiger partial charge is 0.237 e. The average Bonchev–Trinajstić information content (AvgIpc) is 3.64. The Morgan fingerprint density at radius 3 is 2.59 bits per heavy atom. The number of benzene rings is 2. The molecule has 0 aliphatic carbocycles. The molecule has 8 heteroatoms. The molecular formula is C29H32N6O2. The maximum Gasteiger partial charge on any atom is 0.237 e. The molecule has 5 N–H and O–H groups in total. The number of aryl methyl sites for hydroxylation is 2. The Balaban J connectivity index is 1.53. The largest absolute Gasteiger partial charge is 0.467 e. The fourth-order valence-corrected chi connectivity index (χ4v) is 4.90. The number of para-hydroxylation sites is 1. The maximum atomic E-state index is 12.2. The molecule has 0 bridgehead atoms. The number of hydrogen-bond acceptors (Lipinski definition) is 5. The zero-order valence-electron chi connectivity index (χ0n) is 20.9. The first-order valence-corrected chi connectivity index (χ1v) is 12.5. The molecule has 2 unspecified atom stereocenters. The molecule has 190 valence electrons. The van der Waals surface area contributed by atoms with Crippen LogP contribution in [0.25, 0.3) is 10.9 Å². The van der Waals surface area contributed by atoms with Gasteiger partial charge < -0.3 is 25.4 Å². The van der Waals surface area contributed by atoms with Gasteiger partial charge in [0.15, 0.2) is 0 Å². The highest BCUT2D eigenvalue weighted by Gasteiger charge is 2.34. The van der Waals surface area contributed by atoms with Crippen LogP contribution in [0.2, 0.25) is 0 Å². The SMILES string of the molecule is CC(N)(CC(Cc1c[nH]c2ccccc12)c1nnc(CCc2ccccc2)n1Cc1ccco1)C(N)=O. The van der Waals surface area contributed by atoms with Crippen molar-refractivity contribution in [1.29, 1.82) is 0 Å². The van der Waals surface area contributed by atoms with Gasteiger partial charge >= 0.3 is 0 Å². The zero-order chi connectivity index (χ0) is 25.8. The number of primary amides is 1. The van der Waals surface area contributed by atoms with Crippen molar-refractivity contribution < 1.29 is 9.21 Å². The van der Waals surface area contributed by atoms with Crippen molar-refractivity contribution in [2.24, 2.45) is 11.5 Å². The number of furan rings is 1. The molecule has 3 aromatic heterocycles. The van der Waals surface area contributed by atoms with Crippen LogP contribution in [0, 0.1) is 0 Å². The quantitative estimate of drug-likeness (QED) is 0.253. The Hall–Kier alpha value is -4.17. The molecule has 0 radical (unpaired) electrons. The van der Waals surface area contributed by atoms with Crippen LogP contribution in [0.4, 0.5) is 0 Å². The molecule has 0 fully saturated rings. The van der Waals surface area contributed by atoms with Crippen molar-refractivity contribution in [3.63, 3.8) is 0 Å². The minimum Gasteiger partial charge on any atom is -0.467 e. The summed E-state index contributed by atoms with van der Waals surface area (Å²) in [6, 6.07) is 22.3. The number of hydrogen-bond donors (Lipinski definition) is 3. The number of carbonyl (C=O) groups excluding carboxylic acids is 1. The second-order valence-electron chi connectivity index (χ2n) is 9.87. The summed E-state index contributed by atoms with van der Waals surface area (Å²) >= 11 is 0. The topological polar surface area (TPSA) is 129 Å². The summed E-state index contributed by atoms with van der Waals surface area (Å²) in [4.78, 5) is 15.6. The molecule has 8 nitrogen and oxygen atoms in total. The van der Waals surface area contributed by atoms with Crippen molar-refractivity contribution in [2.45, 2.75) is 50.6 Å². The lowest BCUT2D eigenvalue weighted by Gasteiger charge is -2.27. The average molecular weight is 497 g/mol. The standard InChI is InChI=1S/C29H32N6O2/c1-29(31,28(30)36)17-21(16-22-18-32-25-12-6-5-11-24(22)25)27-34-33-26(14-13-20-8-3-2-4-9-20)35(27)19-23-10-7-15-37-23/h2-12,15,18,21,32H,13-14,16-17,19,31H2,1H3,(H2,30,36). The Kier molecular flexibility index (Phi) is 6.92. The Bertz CT molecular complexity index is 1470. The van der Waals surface area contributed by atoms with E-state index in [1.54, 1.807) is 13.2 Å². The number of nitrogens with one attached hydrogen (secondary N) is 1. The summed E-state index contributed by atoms with van der Waals surface area (Å²) < 4.78 is 7.79. The summed E-state index contributed by atoms with van der Waals surface area (Å²) in [7, 11) is 0. The van der Waals surface area contributed by atoms with Crippen molar-refractivity contribution in [3.05, 3.63) is 108 Å². The molecule has 5 aromatic rings. The molecule has 0 spiro atoms. The van der Waals surface area contributed by atoms with Crippen LogP contribution in [0.15, 0.2) is 83.6 Å². The van der Waals surface area contributed by atoms with Crippen molar-refractivity contribution in [2.75, 3.05) is 0 Å². The molecule has 2 aromatic carbocycles. The first-order valence-electron chi connectivity index (χ1n) is 12.5. The highest BCUT2D eigenvalue weighted by molar-refractivity contribution is 5.84. The predicted molar refractivity (Wildman–Crippen MR) is 143 cm³/mol. The first-order chi connectivity index (χ1) is 17.9. The lowest BCUT2D eigenvalue weighted by atomic mass is 9.84. The van der Waals surface area contributed by atoms with E-state index < -0.39 is 11.4 Å². The molecule has 3 heterocycles. The van der Waals surface area contributed by atoms with Crippen molar-refractivity contribution in [1.82, 2.24) is 19.7 Å². The van der Waals surface area contributed by atoms with Gasteiger partial charge in [-0.3, -0.25) is 4.79 Å². The van der Waals surface area contributed by atoms with Crippen LogP contribution in [0.3, 0.4) is 0 Å². The number of nitrogens with zero attached hydrogens (tertiary/aromatic N) is 3. The zero-order valence-corrected chi connectivity index (χ0v) is 20.9. The Morgan fingerprint density at radius 1 is 1.05 bits per heavy atom. The van der Waals surface area contributed by atoms with Crippen LogP contribution in [0.1, 0.15) is 47.8 Å². The summed E-state index contributed by atoms with van der Waals surface area (Å²) in [5.74, 6) is 1.69. The van der Waals surface area contributed by atoms with Crippen LogP contribution in [-0.2, 0) is 30.6 Å². The van der Waals surface area contributed by atoms with Gasteiger partial charge in [-0.05, 0) is 55.5 Å². The van der Waals surface area contributed by atoms with Gasteiger partial charge in [-0.15, -0.1) is 10.2 Å². The number of H-pyrrole nitrogens is 1. The van der Waals surface area contributed by atoms with Gasteiger partial charge in [0.05, 0.1) is 18.3 Å². The van der Waals surface area contributed by atoms with Crippen LogP contribution in [0.5, 0.6) is 0 Å². The summed E-state index contributed by atoms with van der Waals surface area (Å²) in [6.07, 6.45) is 6.18. The molecule has 2 atom stereocenters. The normalized spacial score (nSPS) is 14.0. The molecular weight excluding hydrogens is 464 g/mol. The number of fused-ring (bicyclic) bond motifs is 1. The van der Waals surface area contributed by atoms with Crippen molar-refractivity contribution in [3.8, 4) is 0 Å². The summed E-state index contributed by atoms with van der Waals surface area (Å²) in [5, 5.41) is 10.4. The minimum atomic E-state index is -1.21. The van der Waals surface area contributed by atoms with Gasteiger partial charge in [-0.2, -0.15) is 0 Å². The molecule has 0 saturated carbocycles. The van der Waals surface area contributed by atoms with E-state index in [1.807, 2.05) is 54.7 Å². The summed E-state index contributed by atoms with van der Waals surface area (Å²) in [5.41, 5.74) is 14.3. The van der Waals surface area contributed by atoms with E-state index >= 15 is 0 Å². The fraction of sp³-hybridized carbons (Fsp3) is 0.276. The molecule has 0 aliphatic heterocycles. The van der Waals surface area contributed by atoms with E-state index in [4.69, 9.17) is 15.9 Å². The molecule has 0 aliphatic rings. The van der Waals surface area contributed by atoms with Crippen LogP contribution >= 0.6 is 0 Å². The third kappa shape index (κ3) is 5.49. The molecule has 5 rings (SSSR count). The monoisotopic (exact) mass is 496 g/mol. The lowest BCUT2D eigenvalue weighted by Crippen LogP contribution is -2.50. The van der Waals surface area contributed by atoms with Gasteiger partial charge in [0.1, 0.15) is 17.4 Å². The van der Waals surface area contributed by atoms with E-state index in [-0.39, 0.29) is 5.92 Å². The number of carbonyl (C=O) groups is 1. The Labute approximate surface area is 215 Å². The second kappa shape index (κ2) is 10.4. The molecule has 1 amide bonds. The molecule has 37 heavy (non-hydrogen) atoms. The van der Waals surface area contributed by atoms with E-state index in [1.165, 1.54) is 5.56 Å². The number of rotatable bonds is 11. The van der Waals surface area contributed by atoms with Gasteiger partial charge in [0.25, 0.3) is 0 Å². The third-order valence-electron chi connectivity index (χ3n) is 6.97. The van der Waals surface area contributed by atoms with Gasteiger partial charge in [-0.1, -0.05) is 48.5 Å². The number of aromatic nitrogens is 4. The van der Waals surface area contributed by atoms with Gasteiger partial charge in [0.2, 0.25) is 5.91 Å². The summed E-state index contributed by atoms with van der Waals surface area (Å²) in [6.45, 7) is 2.17. The van der Waals surface area contributed by atoms with Crippen LogP contribution < -0.4 is 11.5 Å². The van der Waals surface area contributed by atoms with Crippen LogP contribution in [-0.4, -0.2) is 31.2 Å². The maximum absolute atomic E-state index is 12.2. The number of amides is 1. The minimum absolute atomic E-state index is 0.199. The second-order valence-corrected chi connectivity index (χ2v) is 9.87. The fourth-order valence-electron chi connectivity index (χ4n) is 4.90. The van der Waals surface area contributed by atoms with E-state index in [0.717, 1.165) is 40.3 Å². The van der Waals surface area contributed by atoms with Crippen molar-refractivity contribution >= 4 is 16.8 Å². The lowest BCUT2D eigenvalue weighted by molar-refractivity contribution is -0.122. The number of aromatic amines is 1. The highest BCUT2D eigenvalue weighted by atomic mass is 16.3. The predicted octanol–water partition coefficient (Wildman–Crippen LogP) is 4.11. The van der Waals surface area contributed by atoms with E-state index in [2.05, 4.69) is 37.9 Å².